The molecule has 1 saturated carbocycles. The van der Waals surface area contributed by atoms with Crippen molar-refractivity contribution >= 4 is 5.69 Å². The Kier molecular flexibility index (Phi) is 3.47. The quantitative estimate of drug-likeness (QED) is 0.878. The summed E-state index contributed by atoms with van der Waals surface area (Å²) in [4.78, 5) is 3.31. The maximum atomic E-state index is 12.5. The molecule has 1 aliphatic rings. The minimum absolute atomic E-state index is 0.0727. The van der Waals surface area contributed by atoms with Gasteiger partial charge in [0.1, 0.15) is 5.69 Å². The van der Waals surface area contributed by atoms with E-state index >= 15 is 0 Å². The number of rotatable bonds is 3. The second-order valence-electron chi connectivity index (χ2n) is 4.70. The van der Waals surface area contributed by atoms with Crippen LogP contribution in [0.25, 0.3) is 0 Å². The lowest BCUT2D eigenvalue weighted by Gasteiger charge is -2.29. The molecule has 0 unspecified atom stereocenters. The highest BCUT2D eigenvalue weighted by molar-refractivity contribution is 5.46. The van der Waals surface area contributed by atoms with E-state index in [9.17, 15) is 18.3 Å². The molecule has 1 aliphatic carbocycles. The van der Waals surface area contributed by atoms with Crippen LogP contribution in [0.3, 0.4) is 0 Å². The van der Waals surface area contributed by atoms with Crippen LogP contribution in [-0.2, 0) is 6.18 Å². The summed E-state index contributed by atoms with van der Waals surface area (Å²) in [6.45, 7) is -0.0727. The summed E-state index contributed by atoms with van der Waals surface area (Å²) in [5.41, 5.74) is -1.05. The third kappa shape index (κ3) is 2.75. The number of aromatic nitrogens is 1. The van der Waals surface area contributed by atoms with Crippen LogP contribution in [0, 0.1) is 0 Å². The van der Waals surface area contributed by atoms with Crippen molar-refractivity contribution in [3.63, 3.8) is 0 Å². The smallest absolute Gasteiger partial charge is 0.394 e. The number of nitrogens with zero attached hydrogens (tertiary/aromatic N) is 1. The van der Waals surface area contributed by atoms with Crippen LogP contribution in [0.4, 0.5) is 18.9 Å². The van der Waals surface area contributed by atoms with Crippen molar-refractivity contribution < 1.29 is 18.3 Å². The summed E-state index contributed by atoms with van der Waals surface area (Å²) in [7, 11) is 0. The minimum atomic E-state index is -4.44. The Hall–Kier alpha value is -1.30. The Bertz CT molecular complexity index is 414. The maximum Gasteiger partial charge on any atom is 0.433 e. The number of pyridine rings is 1. The first-order chi connectivity index (χ1) is 8.45. The van der Waals surface area contributed by atoms with Gasteiger partial charge in [-0.3, -0.25) is 4.98 Å². The highest BCUT2D eigenvalue weighted by atomic mass is 19.4. The highest BCUT2D eigenvalue weighted by Gasteiger charge is 2.35. The lowest BCUT2D eigenvalue weighted by molar-refractivity contribution is -0.141. The second-order valence-corrected chi connectivity index (χ2v) is 4.70. The van der Waals surface area contributed by atoms with Crippen molar-refractivity contribution in [1.29, 1.82) is 0 Å². The monoisotopic (exact) mass is 260 g/mol. The zero-order valence-corrected chi connectivity index (χ0v) is 9.80. The number of nitrogens with one attached hydrogen (secondary N) is 1. The normalized spacial score (nSPS) is 18.9. The number of hydrogen-bond donors (Lipinski definition) is 2. The summed E-state index contributed by atoms with van der Waals surface area (Å²) in [6, 6.07) is 2.47. The molecule has 1 aromatic rings. The first-order valence-corrected chi connectivity index (χ1v) is 5.87. The number of hydrogen-bond acceptors (Lipinski definition) is 3. The summed E-state index contributed by atoms with van der Waals surface area (Å²) >= 11 is 0. The fourth-order valence-electron chi connectivity index (χ4n) is 2.34. The molecule has 0 radical (unpaired) electrons. The molecule has 0 aromatic carbocycles. The number of alkyl halides is 3. The van der Waals surface area contributed by atoms with Gasteiger partial charge in [0.25, 0.3) is 0 Å². The van der Waals surface area contributed by atoms with Crippen molar-refractivity contribution in [1.82, 2.24) is 4.98 Å². The molecule has 0 amide bonds. The average molecular weight is 260 g/mol. The highest BCUT2D eigenvalue weighted by Crippen LogP contribution is 2.34. The molecular weight excluding hydrogens is 245 g/mol. The van der Waals surface area contributed by atoms with Gasteiger partial charge < -0.3 is 10.4 Å². The predicted octanol–water partition coefficient (Wildman–Crippen LogP) is 2.82. The van der Waals surface area contributed by atoms with E-state index < -0.39 is 17.4 Å². The Labute approximate surface area is 103 Å². The van der Waals surface area contributed by atoms with E-state index in [4.69, 9.17) is 0 Å². The fourth-order valence-corrected chi connectivity index (χ4v) is 2.34. The Morgan fingerprint density at radius 3 is 2.56 bits per heavy atom. The summed E-state index contributed by atoms with van der Waals surface area (Å²) < 4.78 is 37.6. The molecule has 1 fully saturated rings. The van der Waals surface area contributed by atoms with Crippen LogP contribution >= 0.6 is 0 Å². The van der Waals surface area contributed by atoms with Crippen LogP contribution in [-0.4, -0.2) is 22.2 Å². The fraction of sp³-hybridized carbons (Fsp3) is 0.583. The minimum Gasteiger partial charge on any atom is -0.394 e. The predicted molar refractivity (Wildman–Crippen MR) is 61.1 cm³/mol. The molecule has 2 N–H and O–H groups in total. The van der Waals surface area contributed by atoms with Gasteiger partial charge in [0.2, 0.25) is 0 Å². The lowest BCUT2D eigenvalue weighted by Crippen LogP contribution is -2.39. The molecule has 0 spiro atoms. The zero-order chi connectivity index (χ0) is 13.2. The Morgan fingerprint density at radius 2 is 2.00 bits per heavy atom. The molecule has 0 atom stereocenters. The van der Waals surface area contributed by atoms with E-state index in [2.05, 4.69) is 10.3 Å². The van der Waals surface area contributed by atoms with Crippen LogP contribution in [0.15, 0.2) is 18.3 Å². The van der Waals surface area contributed by atoms with Gasteiger partial charge in [0.15, 0.2) is 0 Å². The van der Waals surface area contributed by atoms with Crippen LogP contribution in [0.5, 0.6) is 0 Å². The van der Waals surface area contributed by atoms with Gasteiger partial charge in [0.05, 0.1) is 12.1 Å². The molecule has 1 aromatic heterocycles. The van der Waals surface area contributed by atoms with Crippen LogP contribution < -0.4 is 5.32 Å². The van der Waals surface area contributed by atoms with E-state index in [0.29, 0.717) is 5.69 Å². The Balaban J connectivity index is 2.19. The third-order valence-electron chi connectivity index (χ3n) is 3.32. The number of halogens is 3. The van der Waals surface area contributed by atoms with E-state index in [1.54, 1.807) is 0 Å². The van der Waals surface area contributed by atoms with Crippen molar-refractivity contribution in [2.24, 2.45) is 0 Å². The molecule has 100 valence electrons. The Morgan fingerprint density at radius 1 is 1.33 bits per heavy atom. The molecule has 0 saturated heterocycles. The van der Waals surface area contributed by atoms with Gasteiger partial charge in [-0.2, -0.15) is 13.2 Å². The molecule has 6 heteroatoms. The molecule has 0 bridgehead atoms. The molecule has 0 aliphatic heterocycles. The van der Waals surface area contributed by atoms with Gasteiger partial charge in [0, 0.05) is 11.9 Å². The number of aliphatic hydroxyl groups excluding tert-OH is 1. The SMILES string of the molecule is OCC1(Nc2ccnc(C(F)(F)F)c2)CCCC1. The van der Waals surface area contributed by atoms with Gasteiger partial charge in [-0.25, -0.2) is 0 Å². The third-order valence-corrected chi connectivity index (χ3v) is 3.32. The van der Waals surface area contributed by atoms with Crippen molar-refractivity contribution in [2.45, 2.75) is 37.4 Å². The average Bonchev–Trinajstić information content (AvgIpc) is 2.77. The van der Waals surface area contributed by atoms with Crippen molar-refractivity contribution in [3.8, 4) is 0 Å². The van der Waals surface area contributed by atoms with Crippen LogP contribution in [0.2, 0.25) is 0 Å². The lowest BCUT2D eigenvalue weighted by atomic mass is 9.98. The molecule has 1 heterocycles. The maximum absolute atomic E-state index is 12.5. The van der Waals surface area contributed by atoms with E-state index in [0.717, 1.165) is 37.9 Å². The zero-order valence-electron chi connectivity index (χ0n) is 9.80. The first-order valence-electron chi connectivity index (χ1n) is 5.87. The number of aliphatic hydroxyl groups is 1. The topological polar surface area (TPSA) is 45.1 Å². The second kappa shape index (κ2) is 4.76. The molecule has 2 rings (SSSR count). The molecule has 18 heavy (non-hydrogen) atoms. The van der Waals surface area contributed by atoms with E-state index in [-0.39, 0.29) is 6.61 Å². The van der Waals surface area contributed by atoms with E-state index in [1.165, 1.54) is 6.07 Å². The summed E-state index contributed by atoms with van der Waals surface area (Å²) in [5.74, 6) is 0. The summed E-state index contributed by atoms with van der Waals surface area (Å²) in [5, 5.41) is 12.4. The van der Waals surface area contributed by atoms with Gasteiger partial charge >= 0.3 is 6.18 Å². The standard InChI is InChI=1S/C12H15F3N2O/c13-12(14,15)10-7-9(3-6-16-10)17-11(8-18)4-1-2-5-11/h3,6-7,18H,1-2,4-5,8H2,(H,16,17). The van der Waals surface area contributed by atoms with Crippen LogP contribution in [0.1, 0.15) is 31.4 Å². The van der Waals surface area contributed by atoms with Gasteiger partial charge in [-0.15, -0.1) is 0 Å². The van der Waals surface area contributed by atoms with Gasteiger partial charge in [-0.05, 0) is 25.0 Å². The number of anilines is 1. The molecule has 3 nitrogen and oxygen atoms in total. The van der Waals surface area contributed by atoms with Crippen molar-refractivity contribution in [2.75, 3.05) is 11.9 Å². The first kappa shape index (κ1) is 13.1. The van der Waals surface area contributed by atoms with E-state index in [1.807, 2.05) is 0 Å². The van der Waals surface area contributed by atoms with Gasteiger partial charge in [-0.1, -0.05) is 12.8 Å². The largest absolute Gasteiger partial charge is 0.433 e. The molecular formula is C12H15F3N2O. The van der Waals surface area contributed by atoms with Crippen molar-refractivity contribution in [3.05, 3.63) is 24.0 Å². The summed E-state index contributed by atoms with van der Waals surface area (Å²) in [6.07, 6.45) is 0.181.